The summed E-state index contributed by atoms with van der Waals surface area (Å²) in [5.74, 6) is -0.107. The van der Waals surface area contributed by atoms with E-state index in [1.54, 1.807) is 29.5 Å². The molecule has 1 aromatic heterocycles. The summed E-state index contributed by atoms with van der Waals surface area (Å²) in [6, 6.07) is 12.1. The molecule has 1 amide bonds. The topological polar surface area (TPSA) is 33.2 Å². The number of thiazole rings is 1. The van der Waals surface area contributed by atoms with Crippen LogP contribution in [-0.4, -0.2) is 22.8 Å². The molecule has 28 heavy (non-hydrogen) atoms. The number of amides is 1. The van der Waals surface area contributed by atoms with E-state index in [1.165, 1.54) is 23.5 Å². The molecule has 146 valence electrons. The average Bonchev–Trinajstić information content (AvgIpc) is 3.09. The first-order valence-electron chi connectivity index (χ1n) is 8.33. The summed E-state index contributed by atoms with van der Waals surface area (Å²) in [5.41, 5.74) is 1.39. The number of rotatable bonds is 5. The van der Waals surface area contributed by atoms with Gasteiger partial charge >= 0.3 is 6.18 Å². The molecular formula is C20H16ClF3N2OS. The molecule has 0 fully saturated rings. The van der Waals surface area contributed by atoms with E-state index >= 15 is 0 Å². The second-order valence-corrected chi connectivity index (χ2v) is 7.57. The van der Waals surface area contributed by atoms with E-state index in [0.717, 1.165) is 17.7 Å². The maximum Gasteiger partial charge on any atom is 0.416 e. The lowest BCUT2D eigenvalue weighted by Crippen LogP contribution is -2.27. The molecule has 2 aromatic carbocycles. The van der Waals surface area contributed by atoms with Crippen LogP contribution in [0.1, 0.15) is 16.8 Å². The molecular weight excluding hydrogens is 409 g/mol. The molecule has 0 atom stereocenters. The molecule has 0 spiro atoms. The van der Waals surface area contributed by atoms with E-state index in [2.05, 4.69) is 4.98 Å². The average molecular weight is 425 g/mol. The van der Waals surface area contributed by atoms with Crippen molar-refractivity contribution in [1.82, 2.24) is 9.88 Å². The molecule has 1 heterocycles. The van der Waals surface area contributed by atoms with Crippen LogP contribution < -0.4 is 0 Å². The lowest BCUT2D eigenvalue weighted by molar-refractivity contribution is -0.137. The largest absolute Gasteiger partial charge is 0.416 e. The SMILES string of the molecule is CN(Cc1cccc(Cl)c1)C(=O)Cc1csc(-c2ccc(C(F)(F)F)cc2)n1. The molecule has 0 unspecified atom stereocenters. The highest BCUT2D eigenvalue weighted by molar-refractivity contribution is 7.13. The van der Waals surface area contributed by atoms with Crippen LogP contribution in [0.15, 0.2) is 53.9 Å². The molecule has 3 rings (SSSR count). The standard InChI is InChI=1S/C20H16ClF3N2OS/c1-26(11-13-3-2-4-16(21)9-13)18(27)10-17-12-28-19(25-17)14-5-7-15(8-6-14)20(22,23)24/h2-9,12H,10-11H2,1H3. The molecule has 0 saturated heterocycles. The minimum atomic E-state index is -4.37. The minimum absolute atomic E-state index is 0.107. The van der Waals surface area contributed by atoms with E-state index < -0.39 is 11.7 Å². The van der Waals surface area contributed by atoms with Gasteiger partial charge in [-0.15, -0.1) is 11.3 Å². The molecule has 0 aliphatic heterocycles. The number of aromatic nitrogens is 1. The third-order valence-electron chi connectivity index (χ3n) is 4.08. The minimum Gasteiger partial charge on any atom is -0.341 e. The van der Waals surface area contributed by atoms with Gasteiger partial charge < -0.3 is 4.90 Å². The zero-order valence-electron chi connectivity index (χ0n) is 14.8. The van der Waals surface area contributed by atoms with Crippen molar-refractivity contribution in [3.05, 3.63) is 75.8 Å². The highest BCUT2D eigenvalue weighted by Crippen LogP contribution is 2.31. The van der Waals surface area contributed by atoms with Crippen molar-refractivity contribution in [3.63, 3.8) is 0 Å². The van der Waals surface area contributed by atoms with Crippen LogP contribution in [0.3, 0.4) is 0 Å². The number of hydrogen-bond acceptors (Lipinski definition) is 3. The summed E-state index contributed by atoms with van der Waals surface area (Å²) < 4.78 is 38.0. The summed E-state index contributed by atoms with van der Waals surface area (Å²) >= 11 is 7.25. The molecule has 3 aromatic rings. The number of nitrogens with zero attached hydrogens (tertiary/aromatic N) is 2. The first-order valence-corrected chi connectivity index (χ1v) is 9.58. The number of halogens is 4. The van der Waals surface area contributed by atoms with E-state index in [-0.39, 0.29) is 12.3 Å². The van der Waals surface area contributed by atoms with Gasteiger partial charge in [-0.3, -0.25) is 4.79 Å². The fourth-order valence-electron chi connectivity index (χ4n) is 2.61. The molecule has 3 nitrogen and oxygen atoms in total. The van der Waals surface area contributed by atoms with Crippen molar-refractivity contribution in [2.75, 3.05) is 7.05 Å². The number of likely N-dealkylation sites (N-methyl/N-ethyl adjacent to an activating group) is 1. The maximum absolute atomic E-state index is 12.7. The zero-order valence-corrected chi connectivity index (χ0v) is 16.4. The van der Waals surface area contributed by atoms with E-state index in [9.17, 15) is 18.0 Å². The Balaban J connectivity index is 1.64. The van der Waals surface area contributed by atoms with Crippen molar-refractivity contribution in [2.45, 2.75) is 19.1 Å². The van der Waals surface area contributed by atoms with Crippen molar-refractivity contribution in [2.24, 2.45) is 0 Å². The number of carbonyl (C=O) groups excluding carboxylic acids is 1. The van der Waals surface area contributed by atoms with Gasteiger partial charge in [0.2, 0.25) is 5.91 Å². The van der Waals surface area contributed by atoms with E-state index in [0.29, 0.717) is 27.8 Å². The first-order chi connectivity index (χ1) is 13.2. The summed E-state index contributed by atoms with van der Waals surface area (Å²) in [5, 5.41) is 2.94. The molecule has 0 radical (unpaired) electrons. The Morgan fingerprint density at radius 3 is 2.54 bits per heavy atom. The number of carbonyl (C=O) groups is 1. The van der Waals surface area contributed by atoms with Gasteiger partial charge in [0.25, 0.3) is 0 Å². The fourth-order valence-corrected chi connectivity index (χ4v) is 3.65. The van der Waals surface area contributed by atoms with Crippen LogP contribution in [-0.2, 0) is 23.9 Å². The van der Waals surface area contributed by atoms with Gasteiger partial charge in [-0.1, -0.05) is 35.9 Å². The fraction of sp³-hybridized carbons (Fsp3) is 0.200. The Kier molecular flexibility index (Phi) is 6.05. The number of hydrogen-bond donors (Lipinski definition) is 0. The van der Waals surface area contributed by atoms with Crippen molar-refractivity contribution < 1.29 is 18.0 Å². The van der Waals surface area contributed by atoms with E-state index in [4.69, 9.17) is 11.6 Å². The lowest BCUT2D eigenvalue weighted by Gasteiger charge is -2.16. The van der Waals surface area contributed by atoms with Crippen LogP contribution in [0.5, 0.6) is 0 Å². The van der Waals surface area contributed by atoms with Crippen molar-refractivity contribution in [1.29, 1.82) is 0 Å². The smallest absolute Gasteiger partial charge is 0.341 e. The van der Waals surface area contributed by atoms with Gasteiger partial charge in [-0.05, 0) is 29.8 Å². The Labute approximate surface area is 169 Å². The van der Waals surface area contributed by atoms with Gasteiger partial charge in [-0.2, -0.15) is 13.2 Å². The predicted octanol–water partition coefficient (Wildman–Crippen LogP) is 5.68. The summed E-state index contributed by atoms with van der Waals surface area (Å²) in [6.45, 7) is 0.426. The number of alkyl halides is 3. The summed E-state index contributed by atoms with van der Waals surface area (Å²) in [7, 11) is 1.70. The third-order valence-corrected chi connectivity index (χ3v) is 5.25. The first kappa shape index (κ1) is 20.4. The Hall–Kier alpha value is -2.38. The van der Waals surface area contributed by atoms with Crippen LogP contribution in [0, 0.1) is 0 Å². The summed E-state index contributed by atoms with van der Waals surface area (Å²) in [6.07, 6.45) is -4.25. The van der Waals surface area contributed by atoms with E-state index in [1.807, 2.05) is 12.1 Å². The van der Waals surface area contributed by atoms with Gasteiger partial charge in [0.15, 0.2) is 0 Å². The van der Waals surface area contributed by atoms with Crippen LogP contribution in [0.25, 0.3) is 10.6 Å². The van der Waals surface area contributed by atoms with Crippen LogP contribution >= 0.6 is 22.9 Å². The molecule has 0 N–H and O–H groups in total. The van der Waals surface area contributed by atoms with Crippen molar-refractivity contribution in [3.8, 4) is 10.6 Å². The predicted molar refractivity (Wildman–Crippen MR) is 104 cm³/mol. The second-order valence-electron chi connectivity index (χ2n) is 6.28. The van der Waals surface area contributed by atoms with Crippen molar-refractivity contribution >= 4 is 28.8 Å². The zero-order chi connectivity index (χ0) is 20.3. The van der Waals surface area contributed by atoms with Gasteiger partial charge in [0, 0.05) is 29.6 Å². The highest BCUT2D eigenvalue weighted by Gasteiger charge is 2.30. The molecule has 0 aliphatic rings. The van der Waals surface area contributed by atoms with Crippen LogP contribution in [0.4, 0.5) is 13.2 Å². The quantitative estimate of drug-likeness (QED) is 0.527. The second kappa shape index (κ2) is 8.32. The monoisotopic (exact) mass is 424 g/mol. The Morgan fingerprint density at radius 1 is 1.18 bits per heavy atom. The lowest BCUT2D eigenvalue weighted by atomic mass is 10.1. The molecule has 0 aliphatic carbocycles. The molecule has 0 saturated carbocycles. The van der Waals surface area contributed by atoms with Gasteiger partial charge in [0.1, 0.15) is 5.01 Å². The maximum atomic E-state index is 12.7. The Bertz CT molecular complexity index is 970. The summed E-state index contributed by atoms with van der Waals surface area (Å²) in [4.78, 5) is 18.4. The van der Waals surface area contributed by atoms with Gasteiger partial charge in [-0.25, -0.2) is 4.98 Å². The molecule has 0 bridgehead atoms. The Morgan fingerprint density at radius 2 is 1.89 bits per heavy atom. The normalized spacial score (nSPS) is 11.5. The molecule has 8 heteroatoms. The number of benzene rings is 2. The third kappa shape index (κ3) is 5.11. The van der Waals surface area contributed by atoms with Crippen LogP contribution in [0.2, 0.25) is 5.02 Å². The highest BCUT2D eigenvalue weighted by atomic mass is 35.5. The van der Waals surface area contributed by atoms with Gasteiger partial charge in [0.05, 0.1) is 17.7 Å².